The number of carbonyl (C=O) groups excluding carboxylic acids is 1. The molecule has 1 aliphatic rings. The Labute approximate surface area is 230 Å². The molecule has 0 bridgehead atoms. The molecule has 2 N–H and O–H groups in total. The minimum atomic E-state index is -4.31. The third kappa shape index (κ3) is 8.00. The van der Waals surface area contributed by atoms with Crippen molar-refractivity contribution in [1.29, 1.82) is 0 Å². The Kier molecular flexibility index (Phi) is 9.55. The summed E-state index contributed by atoms with van der Waals surface area (Å²) in [6.07, 6.45) is -0.0629. The molecule has 1 fully saturated rings. The Balaban J connectivity index is 2.04. The van der Waals surface area contributed by atoms with E-state index < -0.39 is 60.9 Å². The molecule has 2 aromatic rings. The van der Waals surface area contributed by atoms with Crippen LogP contribution >= 0.6 is 0 Å². The van der Waals surface area contributed by atoms with Crippen LogP contribution in [0.15, 0.2) is 35.1 Å². The number of benzene rings is 1. The maximum atomic E-state index is 13.3. The van der Waals surface area contributed by atoms with Gasteiger partial charge in [0.2, 0.25) is 5.75 Å². The summed E-state index contributed by atoms with van der Waals surface area (Å²) in [7, 11) is -8.07. The van der Waals surface area contributed by atoms with Crippen LogP contribution in [0.5, 0.6) is 5.75 Å². The average Bonchev–Trinajstić information content (AvgIpc) is 2.87. The van der Waals surface area contributed by atoms with E-state index >= 15 is 0 Å². The van der Waals surface area contributed by atoms with Gasteiger partial charge in [0.05, 0.1) is 31.8 Å². The zero-order valence-corrected chi connectivity index (χ0v) is 23.5. The number of aromatic carboxylic acids is 1. The van der Waals surface area contributed by atoms with Gasteiger partial charge >= 0.3 is 22.2 Å². The predicted octanol–water partition coefficient (Wildman–Crippen LogP) is 0.577. The number of hydrogen-bond acceptors (Lipinski definition) is 12. The van der Waals surface area contributed by atoms with E-state index in [0.29, 0.717) is 11.8 Å². The number of hydrogen-bond donors (Lipinski definition) is 2. The lowest BCUT2D eigenvalue weighted by atomic mass is 9.88. The summed E-state index contributed by atoms with van der Waals surface area (Å²) >= 11 is 0. The fourth-order valence-electron chi connectivity index (χ4n) is 4.01. The van der Waals surface area contributed by atoms with Crippen molar-refractivity contribution in [3.05, 3.63) is 57.8 Å². The molecule has 0 saturated carbocycles. The summed E-state index contributed by atoms with van der Waals surface area (Å²) < 4.78 is 67.8. The van der Waals surface area contributed by atoms with Crippen LogP contribution in [0.25, 0.3) is 0 Å². The Hall–Kier alpha value is -3.54. The smallest absolute Gasteiger partial charge is 0.408 e. The third-order valence-corrected chi connectivity index (χ3v) is 6.82. The van der Waals surface area contributed by atoms with Gasteiger partial charge in [-0.15, -0.1) is 0 Å². The van der Waals surface area contributed by atoms with Gasteiger partial charge in [-0.3, -0.25) is 13.5 Å². The van der Waals surface area contributed by atoms with Gasteiger partial charge in [0.25, 0.3) is 15.7 Å². The summed E-state index contributed by atoms with van der Waals surface area (Å²) in [5, 5.41) is 12.4. The van der Waals surface area contributed by atoms with Gasteiger partial charge < -0.3 is 24.1 Å². The Morgan fingerprint density at radius 2 is 1.85 bits per heavy atom. The lowest BCUT2D eigenvalue weighted by molar-refractivity contribution is -0.0615. The second-order valence-corrected chi connectivity index (χ2v) is 12.2. The highest BCUT2D eigenvalue weighted by atomic mass is 32.2. The number of aromatic nitrogens is 2. The average molecular weight is 604 g/mol. The molecule has 2 heterocycles. The lowest BCUT2D eigenvalue weighted by Crippen LogP contribution is -2.56. The van der Waals surface area contributed by atoms with Crippen LogP contribution in [-0.4, -0.2) is 75.4 Å². The van der Waals surface area contributed by atoms with Gasteiger partial charge in [-0.05, 0) is 25.3 Å². The second-order valence-electron chi connectivity index (χ2n) is 8.98. The molecule has 0 spiro atoms. The van der Waals surface area contributed by atoms with E-state index in [9.17, 15) is 36.3 Å². The number of carbonyl (C=O) groups is 2. The summed E-state index contributed by atoms with van der Waals surface area (Å²) in [6.45, 7) is 0.589. The van der Waals surface area contributed by atoms with E-state index in [2.05, 4.69) is 14.5 Å². The van der Waals surface area contributed by atoms with Crippen LogP contribution in [0, 0.1) is 0 Å². The maximum absolute atomic E-state index is 13.3. The van der Waals surface area contributed by atoms with Crippen molar-refractivity contribution < 1.29 is 49.4 Å². The molecule has 17 heteroatoms. The van der Waals surface area contributed by atoms with E-state index in [1.165, 1.54) is 6.92 Å². The fourth-order valence-corrected chi connectivity index (χ4v) is 4.86. The maximum Gasteiger partial charge on any atom is 0.408 e. The molecule has 3 rings (SSSR count). The molecule has 1 aliphatic heterocycles. The number of alkyl carbamates (subject to hydrolysis) is 1. The third-order valence-electron chi connectivity index (χ3n) is 5.79. The quantitative estimate of drug-likeness (QED) is 0.337. The first kappa shape index (κ1) is 31.0. The summed E-state index contributed by atoms with van der Waals surface area (Å²) in [5.74, 6) is -3.02. The van der Waals surface area contributed by atoms with Crippen molar-refractivity contribution in [2.24, 2.45) is 0 Å². The number of carboxylic acid groups (broad SMARTS) is 1. The highest BCUT2D eigenvalue weighted by molar-refractivity contribution is 7.86. The number of nitrogens with zero attached hydrogens (tertiary/aromatic N) is 2. The van der Waals surface area contributed by atoms with Crippen LogP contribution < -0.4 is 15.1 Å². The van der Waals surface area contributed by atoms with Crippen LogP contribution in [-0.2, 0) is 52.6 Å². The Bertz CT molecular complexity index is 1510. The molecule has 0 radical (unpaired) electrons. The van der Waals surface area contributed by atoms with Gasteiger partial charge in [0.15, 0.2) is 5.69 Å². The first-order valence-electron chi connectivity index (χ1n) is 11.9. The van der Waals surface area contributed by atoms with Gasteiger partial charge in [-0.1, -0.05) is 30.3 Å². The van der Waals surface area contributed by atoms with Gasteiger partial charge in [0, 0.05) is 6.54 Å². The summed E-state index contributed by atoms with van der Waals surface area (Å²) in [6, 6.07) is 8.76. The Morgan fingerprint density at radius 3 is 2.38 bits per heavy atom. The first-order valence-corrected chi connectivity index (χ1v) is 15.5. The van der Waals surface area contributed by atoms with Gasteiger partial charge in [-0.25, -0.2) is 14.6 Å². The van der Waals surface area contributed by atoms with Crippen molar-refractivity contribution in [2.45, 2.75) is 44.6 Å². The topological polar surface area (TPSA) is 206 Å². The van der Waals surface area contributed by atoms with Crippen molar-refractivity contribution in [3.63, 3.8) is 0 Å². The van der Waals surface area contributed by atoms with Crippen molar-refractivity contribution in [1.82, 2.24) is 14.9 Å². The molecule has 2 atom stereocenters. The standard InChI is InChI=1S/C23H29N3O12S2/c1-4-26-19(27)18(38-40(3,33)34)17(20(28)29)24-21(26)23(11-10-16(36-14-23)13-37-39(2,31)32)25-22(30)35-12-15-8-6-5-7-9-15/h5-9,16H,4,10-14H2,1-3H3,(H,25,30)(H,28,29). The highest BCUT2D eigenvalue weighted by Gasteiger charge is 2.45. The van der Waals surface area contributed by atoms with E-state index in [0.717, 1.165) is 10.8 Å². The number of rotatable bonds is 11. The monoisotopic (exact) mass is 603 g/mol. The van der Waals surface area contributed by atoms with Crippen molar-refractivity contribution in [3.8, 4) is 5.75 Å². The number of ether oxygens (including phenoxy) is 2. The van der Waals surface area contributed by atoms with E-state index in [1.54, 1.807) is 30.3 Å². The second kappa shape index (κ2) is 12.3. The highest BCUT2D eigenvalue weighted by Crippen LogP contribution is 2.33. The zero-order chi connectivity index (χ0) is 29.7. The normalized spacial score (nSPS) is 19.5. The molecule has 15 nitrogen and oxygen atoms in total. The first-order chi connectivity index (χ1) is 18.6. The van der Waals surface area contributed by atoms with E-state index in [-0.39, 0.29) is 45.0 Å². The lowest BCUT2D eigenvalue weighted by Gasteiger charge is -2.40. The number of carboxylic acids is 1. The van der Waals surface area contributed by atoms with Crippen LogP contribution in [0.4, 0.5) is 4.79 Å². The minimum Gasteiger partial charge on any atom is -0.476 e. The summed E-state index contributed by atoms with van der Waals surface area (Å²) in [5.41, 5.74) is -3.06. The predicted molar refractivity (Wildman–Crippen MR) is 138 cm³/mol. The van der Waals surface area contributed by atoms with Gasteiger partial charge in [0.1, 0.15) is 18.0 Å². The zero-order valence-electron chi connectivity index (χ0n) is 21.9. The molecule has 0 aliphatic carbocycles. The number of amides is 1. The molecule has 1 aromatic carbocycles. The SMILES string of the molecule is CCn1c(C2(NC(=O)OCc3ccccc3)CCC(COS(C)(=O)=O)OC2)nc(C(=O)O)c(OS(C)(=O)=O)c1=O. The Morgan fingerprint density at radius 1 is 1.18 bits per heavy atom. The molecular formula is C23H29N3O12S2. The minimum absolute atomic E-state index is 0.0109. The van der Waals surface area contributed by atoms with Crippen molar-refractivity contribution in [2.75, 3.05) is 25.7 Å². The largest absolute Gasteiger partial charge is 0.476 e. The van der Waals surface area contributed by atoms with Crippen LogP contribution in [0.3, 0.4) is 0 Å². The van der Waals surface area contributed by atoms with Crippen molar-refractivity contribution >= 4 is 32.3 Å². The molecular weight excluding hydrogens is 574 g/mol. The molecule has 2 unspecified atom stereocenters. The molecule has 1 aromatic heterocycles. The molecule has 40 heavy (non-hydrogen) atoms. The van der Waals surface area contributed by atoms with E-state index in [1.807, 2.05) is 0 Å². The van der Waals surface area contributed by atoms with Crippen LogP contribution in [0.2, 0.25) is 0 Å². The molecule has 1 amide bonds. The van der Waals surface area contributed by atoms with Gasteiger partial charge in [-0.2, -0.15) is 16.8 Å². The van der Waals surface area contributed by atoms with Crippen LogP contribution in [0.1, 0.15) is 41.6 Å². The van der Waals surface area contributed by atoms with E-state index in [4.69, 9.17) is 13.7 Å². The molecule has 1 saturated heterocycles. The molecule has 220 valence electrons. The fraction of sp³-hybridized carbons (Fsp3) is 0.478. The number of nitrogens with one attached hydrogen (secondary N) is 1. The summed E-state index contributed by atoms with van der Waals surface area (Å²) in [4.78, 5) is 42.3.